The van der Waals surface area contributed by atoms with E-state index >= 15 is 0 Å². The van der Waals surface area contributed by atoms with Crippen LogP contribution in [0, 0.1) is 12.3 Å². The molecular weight excluding hydrogens is 414 g/mol. The summed E-state index contributed by atoms with van der Waals surface area (Å²) in [6.45, 7) is 3.34. The number of nitrogen functional groups attached to an aromatic ring is 1. The number of hydrogen-bond donors (Lipinski definition) is 4. The number of fused-ring (bicyclic) bond motifs is 2. The summed E-state index contributed by atoms with van der Waals surface area (Å²) in [7, 11) is 1.97. The molecule has 2 aromatic heterocycles. The van der Waals surface area contributed by atoms with E-state index in [1.165, 1.54) is 6.20 Å². The van der Waals surface area contributed by atoms with Crippen molar-refractivity contribution in [3.63, 3.8) is 0 Å². The summed E-state index contributed by atoms with van der Waals surface area (Å²) in [4.78, 5) is 18.5. The zero-order valence-electron chi connectivity index (χ0n) is 18.5. The summed E-state index contributed by atoms with van der Waals surface area (Å²) in [5, 5.41) is 12.0. The summed E-state index contributed by atoms with van der Waals surface area (Å²) < 4.78 is 1.58. The second kappa shape index (κ2) is 8.04. The molecule has 0 bridgehead atoms. The Hall–Kier alpha value is -4.22. The second-order valence-electron chi connectivity index (χ2n) is 8.41. The van der Waals surface area contributed by atoms with Gasteiger partial charge in [-0.1, -0.05) is 18.1 Å². The average molecular weight is 440 g/mol. The number of carbonyl (C=O) groups excluding carboxylic acids is 1. The molecule has 0 saturated heterocycles. The molecule has 33 heavy (non-hydrogen) atoms. The maximum Gasteiger partial charge on any atom is 0.214 e. The van der Waals surface area contributed by atoms with Crippen molar-refractivity contribution < 1.29 is 4.79 Å². The highest BCUT2D eigenvalue weighted by molar-refractivity contribution is 6.12. The second-order valence-corrected chi connectivity index (χ2v) is 8.41. The molecule has 0 fully saturated rings. The van der Waals surface area contributed by atoms with Crippen LogP contribution in [0.3, 0.4) is 0 Å². The van der Waals surface area contributed by atoms with Gasteiger partial charge in [0.15, 0.2) is 0 Å². The topological polar surface area (TPSA) is 104 Å². The van der Waals surface area contributed by atoms with Gasteiger partial charge in [0.1, 0.15) is 5.82 Å². The lowest BCUT2D eigenvalue weighted by atomic mass is 10.1. The summed E-state index contributed by atoms with van der Waals surface area (Å²) >= 11 is 0. The highest BCUT2D eigenvalue weighted by atomic mass is 16.1. The van der Waals surface area contributed by atoms with Gasteiger partial charge in [-0.05, 0) is 49.9 Å². The molecule has 2 aromatic carbocycles. The number of nitrogens with two attached hydrogens (primary N) is 1. The molecule has 5 rings (SSSR count). The molecule has 0 amide bonds. The zero-order chi connectivity index (χ0) is 23.1. The van der Waals surface area contributed by atoms with E-state index in [1.54, 1.807) is 4.68 Å². The normalized spacial score (nSPS) is 14.7. The quantitative estimate of drug-likeness (QED) is 0.271. The summed E-state index contributed by atoms with van der Waals surface area (Å²) in [5.41, 5.74) is 12.0. The number of anilines is 3. The van der Waals surface area contributed by atoms with E-state index in [0.717, 1.165) is 40.1 Å². The van der Waals surface area contributed by atoms with E-state index in [1.807, 2.05) is 56.4 Å². The Morgan fingerprint density at radius 1 is 1.21 bits per heavy atom. The number of carbonyl (C=O) groups is 1. The Labute approximate surface area is 191 Å². The Bertz CT molecular complexity index is 1410. The predicted molar refractivity (Wildman–Crippen MR) is 132 cm³/mol. The average Bonchev–Trinajstić information content (AvgIpc) is 3.48. The van der Waals surface area contributed by atoms with Gasteiger partial charge in [-0.15, -0.1) is 6.42 Å². The Balaban J connectivity index is 1.42. The number of terminal acetylenes is 1. The molecule has 1 atom stereocenters. The molecule has 0 spiro atoms. The van der Waals surface area contributed by atoms with Gasteiger partial charge >= 0.3 is 0 Å². The molecule has 1 unspecified atom stereocenters. The van der Waals surface area contributed by atoms with E-state index in [0.29, 0.717) is 23.6 Å². The van der Waals surface area contributed by atoms with E-state index in [9.17, 15) is 4.79 Å². The molecule has 1 aliphatic rings. The van der Waals surface area contributed by atoms with Crippen LogP contribution in [-0.4, -0.2) is 45.2 Å². The molecule has 8 heteroatoms. The summed E-state index contributed by atoms with van der Waals surface area (Å²) in [5.74, 6) is 2.74. The molecule has 4 aromatic rings. The first-order valence-corrected chi connectivity index (χ1v) is 10.7. The molecule has 8 nitrogen and oxygen atoms in total. The third-order valence-corrected chi connectivity index (χ3v) is 5.79. The van der Waals surface area contributed by atoms with Crippen molar-refractivity contribution >= 4 is 33.9 Å². The fourth-order valence-corrected chi connectivity index (χ4v) is 4.21. The lowest BCUT2D eigenvalue weighted by molar-refractivity contribution is 0.103. The van der Waals surface area contributed by atoms with Crippen molar-refractivity contribution in [2.45, 2.75) is 19.6 Å². The van der Waals surface area contributed by atoms with E-state index < -0.39 is 0 Å². The van der Waals surface area contributed by atoms with Gasteiger partial charge in [0.05, 0.1) is 47.2 Å². The SMILES string of the molecule is C#CCN(C)Cc1ccc2cc(C(=O)c3cnn(-c4ccc5c(c4)NC(C)N5)c3N)[nH]c2c1. The third kappa shape index (κ3) is 3.79. The van der Waals surface area contributed by atoms with Gasteiger partial charge in [-0.25, -0.2) is 4.68 Å². The number of aromatic nitrogens is 3. The van der Waals surface area contributed by atoms with Crippen LogP contribution in [0.25, 0.3) is 16.6 Å². The molecule has 0 saturated carbocycles. The Morgan fingerprint density at radius 2 is 2.03 bits per heavy atom. The Kier molecular flexibility index (Phi) is 5.04. The van der Waals surface area contributed by atoms with Crippen LogP contribution < -0.4 is 16.4 Å². The van der Waals surface area contributed by atoms with Crippen molar-refractivity contribution in [3.8, 4) is 18.0 Å². The monoisotopic (exact) mass is 439 g/mol. The summed E-state index contributed by atoms with van der Waals surface area (Å²) in [6, 6.07) is 13.8. The maximum atomic E-state index is 13.2. The highest BCUT2D eigenvalue weighted by Gasteiger charge is 2.21. The molecular formula is C25H25N7O. The first kappa shape index (κ1) is 20.7. The van der Waals surface area contributed by atoms with Crippen molar-refractivity contribution in [1.29, 1.82) is 0 Å². The van der Waals surface area contributed by atoms with Gasteiger partial charge in [0.25, 0.3) is 0 Å². The van der Waals surface area contributed by atoms with Gasteiger partial charge in [0, 0.05) is 17.4 Å². The Morgan fingerprint density at radius 3 is 2.85 bits per heavy atom. The molecule has 3 heterocycles. The molecule has 166 valence electrons. The minimum atomic E-state index is -0.199. The van der Waals surface area contributed by atoms with Crippen LogP contribution in [0.2, 0.25) is 0 Å². The fourth-order valence-electron chi connectivity index (χ4n) is 4.21. The van der Waals surface area contributed by atoms with Crippen molar-refractivity contribution in [2.24, 2.45) is 0 Å². The standard InChI is InChI=1S/C25H25N7O/c1-4-9-31(3)14-16-5-6-17-11-23(30-21(17)10-16)24(33)19-13-27-32(25(19)26)18-7-8-20-22(12-18)29-15(2)28-20/h1,5-8,10-13,15,28-30H,9,14,26H2,2-3H3. The van der Waals surface area contributed by atoms with Crippen LogP contribution in [0.15, 0.2) is 48.7 Å². The first-order chi connectivity index (χ1) is 15.9. The van der Waals surface area contributed by atoms with E-state index in [-0.39, 0.29) is 11.9 Å². The number of ketones is 1. The number of nitrogens with one attached hydrogen (secondary N) is 3. The number of H-pyrrole nitrogens is 1. The predicted octanol–water partition coefficient (Wildman–Crippen LogP) is 3.42. The molecule has 5 N–H and O–H groups in total. The van der Waals surface area contributed by atoms with E-state index in [4.69, 9.17) is 12.2 Å². The largest absolute Gasteiger partial charge is 0.383 e. The number of aromatic amines is 1. The van der Waals surface area contributed by atoms with Crippen LogP contribution >= 0.6 is 0 Å². The molecule has 1 aliphatic heterocycles. The van der Waals surface area contributed by atoms with Gasteiger partial charge in [0.2, 0.25) is 5.78 Å². The smallest absolute Gasteiger partial charge is 0.214 e. The number of rotatable bonds is 6. The minimum absolute atomic E-state index is 0.155. The third-order valence-electron chi connectivity index (χ3n) is 5.79. The van der Waals surface area contributed by atoms with Gasteiger partial charge in [-0.3, -0.25) is 9.69 Å². The molecule has 0 radical (unpaired) electrons. The number of hydrogen-bond acceptors (Lipinski definition) is 6. The summed E-state index contributed by atoms with van der Waals surface area (Å²) in [6.07, 6.45) is 7.06. The fraction of sp³-hybridized carbons (Fsp3) is 0.200. The minimum Gasteiger partial charge on any atom is -0.383 e. The first-order valence-electron chi connectivity index (χ1n) is 10.7. The van der Waals surface area contributed by atoms with Gasteiger partial charge < -0.3 is 21.4 Å². The van der Waals surface area contributed by atoms with Crippen molar-refractivity contribution in [1.82, 2.24) is 19.7 Å². The maximum absolute atomic E-state index is 13.2. The lowest BCUT2D eigenvalue weighted by Crippen LogP contribution is -2.17. The van der Waals surface area contributed by atoms with E-state index in [2.05, 4.69) is 31.5 Å². The number of benzene rings is 2. The van der Waals surface area contributed by atoms with Crippen LogP contribution in [0.1, 0.15) is 28.5 Å². The molecule has 0 aliphatic carbocycles. The van der Waals surface area contributed by atoms with Crippen LogP contribution in [-0.2, 0) is 6.54 Å². The highest BCUT2D eigenvalue weighted by Crippen LogP contribution is 2.32. The van der Waals surface area contributed by atoms with Crippen LogP contribution in [0.4, 0.5) is 17.2 Å². The lowest BCUT2D eigenvalue weighted by Gasteiger charge is -2.12. The van der Waals surface area contributed by atoms with Crippen LogP contribution in [0.5, 0.6) is 0 Å². The van der Waals surface area contributed by atoms with Crippen molar-refractivity contribution in [2.75, 3.05) is 30.0 Å². The number of nitrogens with zero attached hydrogens (tertiary/aromatic N) is 3. The zero-order valence-corrected chi connectivity index (χ0v) is 18.5. The van der Waals surface area contributed by atoms with Crippen molar-refractivity contribution in [3.05, 3.63) is 65.5 Å². The van der Waals surface area contributed by atoms with Gasteiger partial charge in [-0.2, -0.15) is 5.10 Å².